The average molecular weight is 607 g/mol. The van der Waals surface area contributed by atoms with Gasteiger partial charge in [0, 0.05) is 19.6 Å². The Morgan fingerprint density at radius 1 is 1.17 bits per heavy atom. The molecule has 12 nitrogen and oxygen atoms in total. The van der Waals surface area contributed by atoms with E-state index in [0.717, 1.165) is 12.0 Å². The summed E-state index contributed by atoms with van der Waals surface area (Å²) in [4.78, 5) is 13.0. The minimum absolute atomic E-state index is 0.00784. The number of nitrogen functional groups attached to an aromatic ring is 1. The second kappa shape index (κ2) is 14.5. The molecule has 0 saturated carbocycles. The van der Waals surface area contributed by atoms with Crippen LogP contribution in [0.2, 0.25) is 0 Å². The molecule has 0 unspecified atom stereocenters. The highest BCUT2D eigenvalue weighted by molar-refractivity contribution is 7.89. The van der Waals surface area contributed by atoms with Gasteiger partial charge in [0.25, 0.3) is 0 Å². The van der Waals surface area contributed by atoms with Gasteiger partial charge in [0.15, 0.2) is 6.29 Å². The van der Waals surface area contributed by atoms with E-state index in [2.05, 4.69) is 10.6 Å². The number of rotatable bonds is 14. The van der Waals surface area contributed by atoms with Crippen LogP contribution < -0.4 is 16.4 Å². The van der Waals surface area contributed by atoms with Crippen LogP contribution in [0.5, 0.6) is 0 Å². The van der Waals surface area contributed by atoms with Crippen molar-refractivity contribution in [3.8, 4) is 0 Å². The summed E-state index contributed by atoms with van der Waals surface area (Å²) in [6.07, 6.45) is -1.86. The van der Waals surface area contributed by atoms with E-state index in [1.54, 1.807) is 0 Å². The fraction of sp³-hybridized carbons (Fsp3) is 0.552. The zero-order valence-electron chi connectivity index (χ0n) is 24.0. The van der Waals surface area contributed by atoms with Crippen molar-refractivity contribution in [2.75, 3.05) is 50.5 Å². The minimum atomic E-state index is -4.08. The molecule has 0 aliphatic carbocycles. The van der Waals surface area contributed by atoms with E-state index < -0.39 is 34.4 Å². The van der Waals surface area contributed by atoms with Crippen molar-refractivity contribution in [3.05, 3.63) is 54.1 Å². The van der Waals surface area contributed by atoms with Crippen LogP contribution in [0.1, 0.15) is 25.8 Å². The van der Waals surface area contributed by atoms with Crippen LogP contribution in [-0.4, -0.2) is 93.0 Å². The molecule has 2 aliphatic heterocycles. The maximum Gasteiger partial charge on any atom is 0.407 e. The third kappa shape index (κ3) is 8.12. The molecule has 2 fully saturated rings. The summed E-state index contributed by atoms with van der Waals surface area (Å²) >= 11 is 0. The Bertz CT molecular complexity index is 1280. The molecule has 0 aromatic heterocycles. The minimum Gasteiger partial charge on any atom is -0.443 e. The van der Waals surface area contributed by atoms with Crippen LogP contribution in [-0.2, 0) is 30.7 Å². The van der Waals surface area contributed by atoms with Crippen molar-refractivity contribution >= 4 is 27.5 Å². The SMILES string of the molecule is CC(C)CN(C[C@@H](O)[C@H](Cc1ccccc1)NC(=O)O[C@H]1CO[C@H]2OCC[C@H]21)S(=O)(=O)c1ccc(N)c(NCCO)c1. The predicted octanol–water partition coefficient (Wildman–Crippen LogP) is 1.78. The quantitative estimate of drug-likeness (QED) is 0.200. The van der Waals surface area contributed by atoms with Crippen molar-refractivity contribution < 1.29 is 37.6 Å². The monoisotopic (exact) mass is 606 g/mol. The van der Waals surface area contributed by atoms with Crippen molar-refractivity contribution in [1.29, 1.82) is 0 Å². The number of amides is 1. The van der Waals surface area contributed by atoms with E-state index in [1.165, 1.54) is 22.5 Å². The number of carbonyl (C=O) groups excluding carboxylic acids is 1. The maximum atomic E-state index is 13.8. The first-order valence-electron chi connectivity index (χ1n) is 14.2. The molecule has 2 aliphatic rings. The van der Waals surface area contributed by atoms with Gasteiger partial charge in [-0.2, -0.15) is 4.31 Å². The first kappa shape index (κ1) is 32.0. The number of nitrogens with zero attached hydrogens (tertiary/aromatic N) is 1. The number of anilines is 2. The lowest BCUT2D eigenvalue weighted by Crippen LogP contribution is -2.51. The van der Waals surface area contributed by atoms with E-state index in [4.69, 9.17) is 25.1 Å². The molecular formula is C29H42N4O8S. The summed E-state index contributed by atoms with van der Waals surface area (Å²) in [6.45, 7) is 4.45. The van der Waals surface area contributed by atoms with E-state index >= 15 is 0 Å². The molecular weight excluding hydrogens is 564 g/mol. The molecule has 1 amide bonds. The first-order chi connectivity index (χ1) is 20.1. The fourth-order valence-corrected chi connectivity index (χ4v) is 6.87. The summed E-state index contributed by atoms with van der Waals surface area (Å²) in [7, 11) is -4.08. The summed E-state index contributed by atoms with van der Waals surface area (Å²) in [5, 5.41) is 26.3. The van der Waals surface area contributed by atoms with Gasteiger partial charge in [-0.15, -0.1) is 0 Å². The number of nitrogens with two attached hydrogens (primary N) is 1. The standard InChI is InChI=1S/C29H42N4O8S/c1-19(2)16-33(42(37,38)21-8-9-23(30)24(15-21)31-11-12-34)17-26(35)25(14-20-6-4-3-5-7-20)32-29(36)41-27-18-40-28-22(27)10-13-39-28/h3-9,15,19,22,25-28,31,34-35H,10-14,16-18,30H2,1-2H3,(H,32,36)/t22-,25-,26+,27-,28+/m0/s1. The molecule has 6 N–H and O–H groups in total. The van der Waals surface area contributed by atoms with Crippen LogP contribution in [0, 0.1) is 11.8 Å². The Kier molecular flexibility index (Phi) is 11.0. The molecule has 2 aromatic rings. The number of hydrogen-bond donors (Lipinski definition) is 5. The van der Waals surface area contributed by atoms with Gasteiger partial charge in [0.2, 0.25) is 10.0 Å². The van der Waals surface area contributed by atoms with Gasteiger partial charge < -0.3 is 40.8 Å². The molecule has 0 spiro atoms. The lowest BCUT2D eigenvalue weighted by molar-refractivity contribution is -0.0907. The number of sulfonamides is 1. The van der Waals surface area contributed by atoms with E-state index in [1.807, 2.05) is 44.2 Å². The Morgan fingerprint density at radius 2 is 1.93 bits per heavy atom. The number of aliphatic hydroxyl groups is 2. The molecule has 232 valence electrons. The van der Waals surface area contributed by atoms with Crippen LogP contribution in [0.25, 0.3) is 0 Å². The second-order valence-corrected chi connectivity index (χ2v) is 13.0. The summed E-state index contributed by atoms with van der Waals surface area (Å²) < 4.78 is 45.6. The Balaban J connectivity index is 1.53. The fourth-order valence-electron chi connectivity index (χ4n) is 5.22. The summed E-state index contributed by atoms with van der Waals surface area (Å²) in [6, 6.07) is 12.8. The third-order valence-corrected chi connectivity index (χ3v) is 9.19. The average Bonchev–Trinajstić information content (AvgIpc) is 3.57. The van der Waals surface area contributed by atoms with Gasteiger partial charge in [0.05, 0.1) is 54.2 Å². The molecule has 13 heteroatoms. The van der Waals surface area contributed by atoms with E-state index in [9.17, 15) is 18.3 Å². The third-order valence-electron chi connectivity index (χ3n) is 7.36. The molecule has 0 radical (unpaired) electrons. The molecule has 2 saturated heterocycles. The number of aliphatic hydroxyl groups excluding tert-OH is 2. The van der Waals surface area contributed by atoms with Gasteiger partial charge in [-0.3, -0.25) is 0 Å². The van der Waals surface area contributed by atoms with Gasteiger partial charge in [-0.25, -0.2) is 13.2 Å². The number of carbonyl (C=O) groups is 1. The van der Waals surface area contributed by atoms with Gasteiger partial charge in [-0.05, 0) is 42.5 Å². The summed E-state index contributed by atoms with van der Waals surface area (Å²) in [5.41, 5.74) is 7.57. The smallest absolute Gasteiger partial charge is 0.407 e. The van der Waals surface area contributed by atoms with Crippen molar-refractivity contribution in [3.63, 3.8) is 0 Å². The van der Waals surface area contributed by atoms with E-state index in [-0.39, 0.29) is 62.3 Å². The number of benzene rings is 2. The van der Waals surface area contributed by atoms with Crippen molar-refractivity contribution in [2.45, 2.75) is 56.1 Å². The number of ether oxygens (including phenoxy) is 3. The highest BCUT2D eigenvalue weighted by atomic mass is 32.2. The number of nitrogens with one attached hydrogen (secondary N) is 2. The topological polar surface area (TPSA) is 173 Å². The number of fused-ring (bicyclic) bond motifs is 1. The molecule has 2 aromatic carbocycles. The molecule has 2 heterocycles. The molecule has 42 heavy (non-hydrogen) atoms. The summed E-state index contributed by atoms with van der Waals surface area (Å²) in [5.74, 6) is -0.0984. The van der Waals surface area contributed by atoms with E-state index in [0.29, 0.717) is 18.0 Å². The normalized spacial score (nSPS) is 21.7. The highest BCUT2D eigenvalue weighted by Crippen LogP contribution is 2.33. The van der Waals surface area contributed by atoms with Crippen LogP contribution in [0.4, 0.5) is 16.2 Å². The maximum absolute atomic E-state index is 13.8. The Morgan fingerprint density at radius 3 is 2.64 bits per heavy atom. The van der Waals surface area contributed by atoms with Crippen molar-refractivity contribution in [1.82, 2.24) is 9.62 Å². The number of hydrogen-bond acceptors (Lipinski definition) is 10. The highest BCUT2D eigenvalue weighted by Gasteiger charge is 2.44. The second-order valence-electron chi connectivity index (χ2n) is 11.1. The van der Waals surface area contributed by atoms with Gasteiger partial charge >= 0.3 is 6.09 Å². The van der Waals surface area contributed by atoms with Crippen LogP contribution >= 0.6 is 0 Å². The van der Waals surface area contributed by atoms with Crippen molar-refractivity contribution in [2.24, 2.45) is 11.8 Å². The van der Waals surface area contributed by atoms with Gasteiger partial charge in [-0.1, -0.05) is 44.2 Å². The van der Waals surface area contributed by atoms with Crippen LogP contribution in [0.3, 0.4) is 0 Å². The number of alkyl carbamates (subject to hydrolysis) is 1. The van der Waals surface area contributed by atoms with Crippen LogP contribution in [0.15, 0.2) is 53.4 Å². The Labute approximate surface area is 247 Å². The largest absolute Gasteiger partial charge is 0.443 e. The Hall–Kier alpha value is -2.94. The lowest BCUT2D eigenvalue weighted by atomic mass is 10.0. The zero-order chi connectivity index (χ0) is 30.3. The zero-order valence-corrected chi connectivity index (χ0v) is 24.8. The van der Waals surface area contributed by atoms with Gasteiger partial charge in [0.1, 0.15) is 6.10 Å². The first-order valence-corrected chi connectivity index (χ1v) is 15.7. The molecule has 4 rings (SSSR count). The predicted molar refractivity (Wildman–Crippen MR) is 157 cm³/mol. The lowest BCUT2D eigenvalue weighted by Gasteiger charge is -2.31. The molecule has 0 bridgehead atoms. The molecule has 5 atom stereocenters.